The molecule has 0 radical (unpaired) electrons. The Bertz CT molecular complexity index is 1210. The Morgan fingerprint density at radius 3 is 2.62 bits per heavy atom. The minimum Gasteiger partial charge on any atom is -0.497 e. The minimum absolute atomic E-state index is 0.425. The fourth-order valence-electron chi connectivity index (χ4n) is 4.35. The van der Waals surface area contributed by atoms with Gasteiger partial charge in [-0.25, -0.2) is 0 Å². The summed E-state index contributed by atoms with van der Waals surface area (Å²) in [6.45, 7) is 1.87. The molecule has 3 aromatic rings. The second-order valence-electron chi connectivity index (χ2n) is 8.38. The number of halogens is 1. The van der Waals surface area contributed by atoms with E-state index in [1.807, 2.05) is 54.0 Å². The summed E-state index contributed by atoms with van der Waals surface area (Å²) in [7, 11) is 1.62. The molecule has 0 saturated heterocycles. The van der Waals surface area contributed by atoms with Gasteiger partial charge in [-0.2, -0.15) is 0 Å². The molecule has 0 spiro atoms. The zero-order valence-corrected chi connectivity index (χ0v) is 18.6. The number of aliphatic carboxylic acids is 1. The van der Waals surface area contributed by atoms with Crippen molar-refractivity contribution in [3.8, 4) is 11.4 Å². The van der Waals surface area contributed by atoms with Gasteiger partial charge in [-0.15, -0.1) is 10.2 Å². The summed E-state index contributed by atoms with van der Waals surface area (Å²) in [5.41, 5.74) is 3.21. The minimum atomic E-state index is -0.864. The third kappa shape index (κ3) is 3.66. The molecular formula is C24H23ClN4O3. The van der Waals surface area contributed by atoms with Gasteiger partial charge in [0.05, 0.1) is 24.4 Å². The van der Waals surface area contributed by atoms with Crippen molar-refractivity contribution in [2.24, 2.45) is 16.8 Å². The van der Waals surface area contributed by atoms with Gasteiger partial charge in [0.25, 0.3) is 0 Å². The Hall–Kier alpha value is -3.19. The Balaban J connectivity index is 1.77. The first-order chi connectivity index (χ1) is 15.5. The monoisotopic (exact) mass is 450 g/mol. The van der Waals surface area contributed by atoms with Crippen molar-refractivity contribution in [1.29, 1.82) is 0 Å². The number of aliphatic imine (C=N–C) groups is 1. The number of nitrogens with zero attached hydrogens (tertiary/aromatic N) is 4. The van der Waals surface area contributed by atoms with Crippen LogP contribution in [0.3, 0.4) is 0 Å². The van der Waals surface area contributed by atoms with Crippen molar-refractivity contribution < 1.29 is 14.6 Å². The highest BCUT2D eigenvalue weighted by atomic mass is 35.5. The number of hydrogen-bond acceptors (Lipinski definition) is 5. The van der Waals surface area contributed by atoms with E-state index < -0.39 is 17.9 Å². The molecule has 1 N–H and O–H groups in total. The van der Waals surface area contributed by atoms with Crippen LogP contribution in [0.1, 0.15) is 48.1 Å². The topological polar surface area (TPSA) is 89.6 Å². The average molecular weight is 451 g/mol. The molecule has 0 amide bonds. The molecule has 8 heteroatoms. The maximum atomic E-state index is 12.4. The summed E-state index contributed by atoms with van der Waals surface area (Å²) in [6, 6.07) is 12.5. The van der Waals surface area contributed by atoms with E-state index in [-0.39, 0.29) is 0 Å². The highest BCUT2D eigenvalue weighted by Crippen LogP contribution is 2.43. The zero-order valence-electron chi connectivity index (χ0n) is 17.8. The molecule has 1 aromatic heterocycles. The second kappa shape index (κ2) is 8.06. The molecule has 1 aliphatic heterocycles. The molecule has 2 heterocycles. The fraction of sp³-hybridized carbons (Fsp3) is 0.333. The number of aromatic nitrogens is 3. The number of fused-ring (bicyclic) bond motifs is 3. The van der Waals surface area contributed by atoms with Crippen LogP contribution in [0.2, 0.25) is 5.02 Å². The van der Waals surface area contributed by atoms with Gasteiger partial charge in [0.15, 0.2) is 5.82 Å². The predicted molar refractivity (Wildman–Crippen MR) is 121 cm³/mol. The molecule has 164 valence electrons. The molecule has 7 nitrogen and oxygen atoms in total. The van der Waals surface area contributed by atoms with Crippen LogP contribution in [-0.2, 0) is 4.79 Å². The number of carbonyl (C=O) groups is 1. The lowest BCUT2D eigenvalue weighted by atomic mass is 9.93. The molecule has 2 aliphatic rings. The first-order valence-electron chi connectivity index (χ1n) is 10.6. The van der Waals surface area contributed by atoms with Crippen LogP contribution in [-0.4, -0.2) is 38.7 Å². The fourth-order valence-corrected chi connectivity index (χ4v) is 4.47. The maximum Gasteiger partial charge on any atom is 0.309 e. The molecule has 5 rings (SSSR count). The van der Waals surface area contributed by atoms with E-state index in [0.717, 1.165) is 29.7 Å². The Kier molecular flexibility index (Phi) is 5.21. The first-order valence-corrected chi connectivity index (χ1v) is 11.0. The van der Waals surface area contributed by atoms with Crippen LogP contribution in [0.15, 0.2) is 47.5 Å². The van der Waals surface area contributed by atoms with Crippen LogP contribution in [0.5, 0.6) is 5.75 Å². The second-order valence-corrected chi connectivity index (χ2v) is 8.81. The van der Waals surface area contributed by atoms with E-state index in [1.54, 1.807) is 7.11 Å². The lowest BCUT2D eigenvalue weighted by molar-refractivity contribution is -0.143. The van der Waals surface area contributed by atoms with Crippen molar-refractivity contribution in [3.63, 3.8) is 0 Å². The Labute approximate surface area is 190 Å². The summed E-state index contributed by atoms with van der Waals surface area (Å²) in [5, 5.41) is 19.5. The Morgan fingerprint density at radius 2 is 1.97 bits per heavy atom. The van der Waals surface area contributed by atoms with Gasteiger partial charge in [0.1, 0.15) is 17.6 Å². The quantitative estimate of drug-likeness (QED) is 0.591. The number of rotatable bonds is 6. The number of carboxylic acid groups (broad SMARTS) is 1. The third-order valence-electron chi connectivity index (χ3n) is 6.18. The van der Waals surface area contributed by atoms with Crippen LogP contribution in [0.25, 0.3) is 5.69 Å². The van der Waals surface area contributed by atoms with Crippen LogP contribution < -0.4 is 4.74 Å². The van der Waals surface area contributed by atoms with Crippen molar-refractivity contribution >= 4 is 23.3 Å². The summed E-state index contributed by atoms with van der Waals surface area (Å²) in [6.07, 6.45) is 2.70. The van der Waals surface area contributed by atoms with E-state index in [2.05, 4.69) is 10.2 Å². The van der Waals surface area contributed by atoms with Gasteiger partial charge < -0.3 is 9.84 Å². The van der Waals surface area contributed by atoms with Crippen molar-refractivity contribution in [3.05, 3.63) is 70.3 Å². The summed E-state index contributed by atoms with van der Waals surface area (Å²) >= 11 is 6.13. The van der Waals surface area contributed by atoms with Gasteiger partial charge >= 0.3 is 5.97 Å². The third-order valence-corrected chi connectivity index (χ3v) is 6.43. The van der Waals surface area contributed by atoms with Crippen LogP contribution in [0.4, 0.5) is 0 Å². The van der Waals surface area contributed by atoms with Crippen molar-refractivity contribution in [1.82, 2.24) is 14.8 Å². The normalized spacial score (nSPS) is 18.2. The standard InChI is InChI=1S/C24H23ClN4O3/c1-13-27-28-23-22(19(24(30)31)11-14-3-4-14)26-21(15-5-7-16(25)8-6-15)18-12-17(32-2)9-10-20(18)29(13)23/h5-10,12,14,19,22H,3-4,11H2,1-2H3,(H,30,31)/t19-,22-/m0/s1. The van der Waals surface area contributed by atoms with Gasteiger partial charge in [0.2, 0.25) is 0 Å². The smallest absolute Gasteiger partial charge is 0.309 e. The largest absolute Gasteiger partial charge is 0.497 e. The number of ether oxygens (including phenoxy) is 1. The Morgan fingerprint density at radius 1 is 1.22 bits per heavy atom. The van der Waals surface area contributed by atoms with Gasteiger partial charge in [-0.05, 0) is 49.6 Å². The van der Waals surface area contributed by atoms with E-state index in [0.29, 0.717) is 40.5 Å². The lowest BCUT2D eigenvalue weighted by Crippen LogP contribution is -2.24. The molecular weight excluding hydrogens is 428 g/mol. The van der Waals surface area contributed by atoms with E-state index in [4.69, 9.17) is 21.3 Å². The zero-order chi connectivity index (χ0) is 22.4. The van der Waals surface area contributed by atoms with Crippen molar-refractivity contribution in [2.45, 2.75) is 32.2 Å². The summed E-state index contributed by atoms with van der Waals surface area (Å²) in [4.78, 5) is 17.5. The van der Waals surface area contributed by atoms with Crippen LogP contribution in [0, 0.1) is 18.8 Å². The van der Waals surface area contributed by atoms with Gasteiger partial charge in [-0.1, -0.05) is 36.6 Å². The summed E-state index contributed by atoms with van der Waals surface area (Å²) < 4.78 is 7.41. The number of aryl methyl sites for hydroxylation is 1. The maximum absolute atomic E-state index is 12.4. The highest BCUT2D eigenvalue weighted by Gasteiger charge is 2.40. The van der Waals surface area contributed by atoms with E-state index in [1.165, 1.54) is 0 Å². The molecule has 1 fully saturated rings. The molecule has 2 atom stereocenters. The molecule has 0 bridgehead atoms. The predicted octanol–water partition coefficient (Wildman–Crippen LogP) is 4.63. The summed E-state index contributed by atoms with van der Waals surface area (Å²) in [5.74, 6) is 0.781. The number of methoxy groups -OCH3 is 1. The molecule has 1 saturated carbocycles. The first kappa shape index (κ1) is 20.7. The van der Waals surface area contributed by atoms with Gasteiger partial charge in [-0.3, -0.25) is 14.4 Å². The number of carboxylic acids is 1. The van der Waals surface area contributed by atoms with E-state index in [9.17, 15) is 9.90 Å². The SMILES string of the molecule is COc1ccc2c(c1)C(c1ccc(Cl)cc1)=N[C@@H]([C@H](CC1CC1)C(=O)O)c1nnc(C)n1-2. The van der Waals surface area contributed by atoms with E-state index >= 15 is 0 Å². The molecule has 1 aliphatic carbocycles. The lowest BCUT2D eigenvalue weighted by Gasteiger charge is -2.20. The average Bonchev–Trinajstić information content (AvgIpc) is 3.55. The number of benzene rings is 2. The van der Waals surface area contributed by atoms with Gasteiger partial charge in [0, 0.05) is 16.1 Å². The molecule has 32 heavy (non-hydrogen) atoms. The van der Waals surface area contributed by atoms with Crippen molar-refractivity contribution in [2.75, 3.05) is 7.11 Å². The van der Waals surface area contributed by atoms with Crippen LogP contribution >= 0.6 is 11.6 Å². The molecule has 0 unspecified atom stereocenters. The highest BCUT2D eigenvalue weighted by molar-refractivity contribution is 6.30. The molecule has 2 aromatic carbocycles. The number of hydrogen-bond donors (Lipinski definition) is 1.